The fraction of sp³-hybridized carbons (Fsp3) is 0.280. The number of carbonyl (C=O) groups is 1. The van der Waals surface area contributed by atoms with E-state index in [9.17, 15) is 13.2 Å². The van der Waals surface area contributed by atoms with E-state index in [1.807, 2.05) is 37.4 Å². The predicted octanol–water partition coefficient (Wildman–Crippen LogP) is 3.60. The van der Waals surface area contributed by atoms with Gasteiger partial charge in [0.2, 0.25) is 0 Å². The van der Waals surface area contributed by atoms with Crippen LogP contribution in [-0.2, 0) is 10.1 Å². The van der Waals surface area contributed by atoms with Gasteiger partial charge in [0, 0.05) is 42.7 Å². The monoisotopic (exact) mass is 465 g/mol. The predicted molar refractivity (Wildman–Crippen MR) is 128 cm³/mol. The molecule has 0 amide bonds. The van der Waals surface area contributed by atoms with Gasteiger partial charge in [0.15, 0.2) is 5.78 Å². The lowest BCUT2D eigenvalue weighted by molar-refractivity contribution is 0.101. The van der Waals surface area contributed by atoms with Crippen LogP contribution >= 0.6 is 0 Å². The number of carbonyl (C=O) groups excluding carboxylic acids is 1. The van der Waals surface area contributed by atoms with Crippen molar-refractivity contribution < 1.29 is 17.8 Å². The first-order valence-electron chi connectivity index (χ1n) is 10.8. The smallest absolute Gasteiger partial charge is 0.294 e. The number of hydrogen-bond acceptors (Lipinski definition) is 6. The number of pyridine rings is 1. The summed E-state index contributed by atoms with van der Waals surface area (Å²) in [5, 5.41) is 3.47. The third kappa shape index (κ3) is 5.47. The van der Waals surface area contributed by atoms with Gasteiger partial charge in [-0.15, -0.1) is 0 Å². The van der Waals surface area contributed by atoms with Crippen molar-refractivity contribution >= 4 is 21.6 Å². The largest absolute Gasteiger partial charge is 0.368 e. The van der Waals surface area contributed by atoms with E-state index in [0.29, 0.717) is 6.04 Å². The lowest BCUT2D eigenvalue weighted by Crippen LogP contribution is -2.51. The van der Waals surface area contributed by atoms with E-state index in [-0.39, 0.29) is 10.7 Å². The Labute approximate surface area is 194 Å². The molecule has 0 spiro atoms. The van der Waals surface area contributed by atoms with Gasteiger partial charge >= 0.3 is 0 Å². The Kier molecular flexibility index (Phi) is 6.60. The van der Waals surface area contributed by atoms with Gasteiger partial charge in [-0.05, 0) is 38.1 Å². The summed E-state index contributed by atoms with van der Waals surface area (Å²) in [5.41, 5.74) is 4.87. The van der Waals surface area contributed by atoms with Crippen molar-refractivity contribution in [3.8, 4) is 11.3 Å². The maximum absolute atomic E-state index is 11.3. The Hall–Kier alpha value is -3.07. The SMILES string of the molecule is CC(=O)c1ccc(-c2ccc(N3C[C@H]4CN[C@H]4C3)cn2)cc1.Cc1ccc(S(=O)(=O)O)cc1. The zero-order valence-electron chi connectivity index (χ0n) is 18.6. The van der Waals surface area contributed by atoms with Crippen molar-refractivity contribution in [3.63, 3.8) is 0 Å². The minimum Gasteiger partial charge on any atom is -0.368 e. The van der Waals surface area contributed by atoms with Crippen LogP contribution in [0.4, 0.5) is 5.69 Å². The summed E-state index contributed by atoms with van der Waals surface area (Å²) in [7, 11) is -4.02. The minimum atomic E-state index is -4.02. The van der Waals surface area contributed by atoms with Crippen LogP contribution in [0.5, 0.6) is 0 Å². The molecule has 8 heteroatoms. The van der Waals surface area contributed by atoms with Crippen LogP contribution in [0.3, 0.4) is 0 Å². The normalized spacial score (nSPS) is 19.2. The highest BCUT2D eigenvalue weighted by Crippen LogP contribution is 2.29. The molecule has 2 aromatic carbocycles. The van der Waals surface area contributed by atoms with Crippen molar-refractivity contribution in [2.75, 3.05) is 24.5 Å². The second-order valence-electron chi connectivity index (χ2n) is 8.50. The number of benzene rings is 2. The quantitative estimate of drug-likeness (QED) is 0.449. The molecule has 2 aliphatic heterocycles. The van der Waals surface area contributed by atoms with E-state index in [1.165, 1.54) is 17.8 Å². The number of hydrogen-bond donors (Lipinski definition) is 2. The van der Waals surface area contributed by atoms with Gasteiger partial charge in [-0.2, -0.15) is 8.42 Å². The lowest BCUT2D eigenvalue weighted by atomic mass is 9.96. The topological polar surface area (TPSA) is 99.6 Å². The first-order chi connectivity index (χ1) is 15.7. The Balaban J connectivity index is 0.000000200. The van der Waals surface area contributed by atoms with Crippen LogP contribution in [-0.4, -0.2) is 49.4 Å². The summed E-state index contributed by atoms with van der Waals surface area (Å²) in [6.45, 7) is 6.79. The first kappa shape index (κ1) is 23.1. The van der Waals surface area contributed by atoms with Gasteiger partial charge in [0.05, 0.1) is 22.5 Å². The third-order valence-corrected chi connectivity index (χ3v) is 6.97. The second kappa shape index (κ2) is 9.43. The molecule has 2 aliphatic rings. The molecule has 3 aromatic rings. The molecule has 0 radical (unpaired) electrons. The van der Waals surface area contributed by atoms with Crippen molar-refractivity contribution in [1.82, 2.24) is 10.3 Å². The van der Waals surface area contributed by atoms with E-state index in [2.05, 4.69) is 27.3 Å². The van der Waals surface area contributed by atoms with Gasteiger partial charge in [-0.25, -0.2) is 0 Å². The zero-order chi connectivity index (χ0) is 23.6. The van der Waals surface area contributed by atoms with Crippen LogP contribution in [0.2, 0.25) is 0 Å². The van der Waals surface area contributed by atoms with Crippen LogP contribution in [0.1, 0.15) is 22.8 Å². The molecular weight excluding hydrogens is 438 g/mol. The Morgan fingerprint density at radius 2 is 1.73 bits per heavy atom. The number of ketones is 1. The van der Waals surface area contributed by atoms with E-state index in [4.69, 9.17) is 4.55 Å². The van der Waals surface area contributed by atoms with Gasteiger partial charge < -0.3 is 10.2 Å². The van der Waals surface area contributed by atoms with Crippen molar-refractivity contribution in [2.45, 2.75) is 24.8 Å². The third-order valence-electron chi connectivity index (χ3n) is 6.10. The molecular formula is C25H27N3O4S. The van der Waals surface area contributed by atoms with Gasteiger partial charge in [0.1, 0.15) is 0 Å². The first-order valence-corrected chi connectivity index (χ1v) is 12.2. The number of nitrogens with zero attached hydrogens (tertiary/aromatic N) is 2. The second-order valence-corrected chi connectivity index (χ2v) is 9.92. The average molecular weight is 466 g/mol. The highest BCUT2D eigenvalue weighted by Gasteiger charge is 2.39. The van der Waals surface area contributed by atoms with E-state index in [0.717, 1.165) is 47.9 Å². The molecule has 2 saturated heterocycles. The summed E-state index contributed by atoms with van der Waals surface area (Å²) in [6, 6.07) is 18.5. The molecule has 0 aliphatic carbocycles. The number of rotatable bonds is 4. The number of anilines is 1. The highest BCUT2D eigenvalue weighted by atomic mass is 32.2. The molecule has 7 nitrogen and oxygen atoms in total. The molecule has 2 atom stereocenters. The highest BCUT2D eigenvalue weighted by molar-refractivity contribution is 7.85. The van der Waals surface area contributed by atoms with Crippen LogP contribution < -0.4 is 10.2 Å². The van der Waals surface area contributed by atoms with Gasteiger partial charge in [-0.1, -0.05) is 42.0 Å². The minimum absolute atomic E-state index is 0.0666. The fourth-order valence-corrected chi connectivity index (χ4v) is 4.47. The summed E-state index contributed by atoms with van der Waals surface area (Å²) in [5.74, 6) is 0.894. The Morgan fingerprint density at radius 3 is 2.18 bits per heavy atom. The van der Waals surface area contributed by atoms with Crippen molar-refractivity contribution in [3.05, 3.63) is 78.0 Å². The van der Waals surface area contributed by atoms with Crippen molar-refractivity contribution in [2.24, 2.45) is 5.92 Å². The Bertz CT molecular complexity index is 1210. The summed E-state index contributed by atoms with van der Waals surface area (Å²) in [6.07, 6.45) is 1.96. The molecule has 0 bridgehead atoms. The van der Waals surface area contributed by atoms with Gasteiger partial charge in [-0.3, -0.25) is 14.3 Å². The maximum Gasteiger partial charge on any atom is 0.294 e. The molecule has 3 heterocycles. The molecule has 172 valence electrons. The van der Waals surface area contributed by atoms with Crippen LogP contribution in [0.25, 0.3) is 11.3 Å². The molecule has 5 rings (SSSR count). The number of aromatic nitrogens is 1. The van der Waals surface area contributed by atoms with Crippen molar-refractivity contribution in [1.29, 1.82) is 0 Å². The van der Waals surface area contributed by atoms with E-state index < -0.39 is 10.1 Å². The number of nitrogens with one attached hydrogen (secondary N) is 1. The number of aryl methyl sites for hydroxylation is 1. The number of Topliss-reactive ketones (excluding diaryl/α,β-unsaturated/α-hetero) is 1. The molecule has 0 saturated carbocycles. The van der Waals surface area contributed by atoms with Crippen LogP contribution in [0.15, 0.2) is 71.8 Å². The average Bonchev–Trinajstić information content (AvgIpc) is 3.08. The standard InChI is InChI=1S/C18H19N3O.C7H8O3S/c1-12(22)13-2-4-14(5-3-13)17-7-6-16(9-20-17)21-10-15-8-19-18(15)11-21;1-6-2-4-7(5-3-6)11(8,9)10/h2-7,9,15,18-19H,8,10-11H2,1H3;2-5H,1H3,(H,8,9,10)/t15-,18+;/m1./s1. The van der Waals surface area contributed by atoms with Crippen LogP contribution in [0, 0.1) is 12.8 Å². The van der Waals surface area contributed by atoms with E-state index in [1.54, 1.807) is 19.1 Å². The van der Waals surface area contributed by atoms with E-state index >= 15 is 0 Å². The summed E-state index contributed by atoms with van der Waals surface area (Å²) in [4.78, 5) is 18.2. The number of fused-ring (bicyclic) bond motifs is 1. The molecule has 1 aromatic heterocycles. The Morgan fingerprint density at radius 1 is 1.03 bits per heavy atom. The molecule has 33 heavy (non-hydrogen) atoms. The van der Waals surface area contributed by atoms with Gasteiger partial charge in [0.25, 0.3) is 10.1 Å². The lowest BCUT2D eigenvalue weighted by Gasteiger charge is -2.29. The summed E-state index contributed by atoms with van der Waals surface area (Å²) >= 11 is 0. The maximum atomic E-state index is 11.3. The summed E-state index contributed by atoms with van der Waals surface area (Å²) < 4.78 is 29.6. The molecule has 0 unspecified atom stereocenters. The molecule has 2 fully saturated rings. The fourth-order valence-electron chi connectivity index (χ4n) is 3.99. The zero-order valence-corrected chi connectivity index (χ0v) is 19.4. The molecule has 2 N–H and O–H groups in total.